The Kier molecular flexibility index (Phi) is 5.14. The number of Topliss-reactive ketones (excluding diaryl/α,β-unsaturated/α-hetero) is 1. The number of hydrogen-bond acceptors (Lipinski definition) is 3. The van der Waals surface area contributed by atoms with Crippen LogP contribution in [0.4, 0.5) is 0 Å². The fourth-order valence-corrected chi connectivity index (χ4v) is 4.98. The molecule has 4 heteroatoms. The van der Waals surface area contributed by atoms with Gasteiger partial charge in [0.1, 0.15) is 0 Å². The molecular formula is C28H25NO3. The minimum atomic E-state index is -0.413. The Morgan fingerprint density at radius 1 is 0.969 bits per heavy atom. The van der Waals surface area contributed by atoms with Crippen LogP contribution in [0.1, 0.15) is 55.4 Å². The molecule has 0 radical (unpaired) electrons. The third-order valence-corrected chi connectivity index (χ3v) is 6.61. The molecule has 0 saturated carbocycles. The normalized spacial score (nSPS) is 15.6. The predicted molar refractivity (Wildman–Crippen MR) is 125 cm³/mol. The van der Waals surface area contributed by atoms with Gasteiger partial charge in [0.25, 0.3) is 0 Å². The van der Waals surface area contributed by atoms with Gasteiger partial charge in [-0.2, -0.15) is 0 Å². The topological polar surface area (TPSA) is 48.3 Å². The molecule has 0 bridgehead atoms. The van der Waals surface area contributed by atoms with Crippen LogP contribution in [0.25, 0.3) is 10.9 Å². The van der Waals surface area contributed by atoms with Crippen LogP contribution in [0, 0.1) is 6.92 Å². The molecule has 1 unspecified atom stereocenters. The second-order valence-electron chi connectivity index (χ2n) is 8.46. The highest BCUT2D eigenvalue weighted by atomic mass is 16.5. The number of aryl methyl sites for hydroxylation is 1. The van der Waals surface area contributed by atoms with Gasteiger partial charge in [0, 0.05) is 29.6 Å². The number of nitrogens with zero attached hydrogens (tertiary/aromatic N) is 1. The molecule has 3 aromatic carbocycles. The number of aromatic nitrogens is 1. The monoisotopic (exact) mass is 423 g/mol. The zero-order valence-corrected chi connectivity index (χ0v) is 18.3. The summed E-state index contributed by atoms with van der Waals surface area (Å²) < 4.78 is 7.28. The van der Waals surface area contributed by atoms with Crippen molar-refractivity contribution in [1.29, 1.82) is 0 Å². The molecule has 4 aromatic rings. The molecule has 0 fully saturated rings. The van der Waals surface area contributed by atoms with Gasteiger partial charge in [0.05, 0.1) is 18.2 Å². The average Bonchev–Trinajstić information content (AvgIpc) is 3.14. The summed E-state index contributed by atoms with van der Waals surface area (Å²) in [6.07, 6.45) is 1.20. The predicted octanol–water partition coefficient (Wildman–Crippen LogP) is 5.70. The van der Waals surface area contributed by atoms with Crippen molar-refractivity contribution in [3.8, 4) is 0 Å². The van der Waals surface area contributed by atoms with E-state index in [2.05, 4.69) is 35.8 Å². The fraction of sp³-hybridized carbons (Fsp3) is 0.214. The van der Waals surface area contributed by atoms with Crippen molar-refractivity contribution in [2.24, 2.45) is 0 Å². The Morgan fingerprint density at radius 2 is 1.72 bits per heavy atom. The van der Waals surface area contributed by atoms with Gasteiger partial charge in [0.15, 0.2) is 5.78 Å². The van der Waals surface area contributed by atoms with Crippen LogP contribution in [-0.4, -0.2) is 23.4 Å². The molecule has 0 aliphatic heterocycles. The summed E-state index contributed by atoms with van der Waals surface area (Å²) in [5.74, 6) is -0.202. The molecule has 5 rings (SSSR count). The van der Waals surface area contributed by atoms with Gasteiger partial charge < -0.3 is 9.30 Å². The summed E-state index contributed by atoms with van der Waals surface area (Å²) in [7, 11) is 1.38. The summed E-state index contributed by atoms with van der Waals surface area (Å²) in [5.41, 5.74) is 6.62. The third-order valence-electron chi connectivity index (χ3n) is 6.61. The number of ketones is 1. The Hall–Kier alpha value is -3.66. The summed E-state index contributed by atoms with van der Waals surface area (Å²) in [6.45, 7) is 2.75. The molecule has 4 nitrogen and oxygen atoms in total. The molecule has 1 heterocycles. The lowest BCUT2D eigenvalue weighted by atomic mass is 9.81. The van der Waals surface area contributed by atoms with Gasteiger partial charge in [-0.15, -0.1) is 0 Å². The zero-order chi connectivity index (χ0) is 22.2. The van der Waals surface area contributed by atoms with Gasteiger partial charge in [-0.05, 0) is 48.1 Å². The molecule has 0 saturated heterocycles. The van der Waals surface area contributed by atoms with Crippen LogP contribution in [0.15, 0.2) is 72.8 Å². The standard InChI is InChI=1S/C28H25NO3/c1-18-9-6-7-12-20(18)17-29-23-14-8-13-22(28(31)32-2)26(23)27-24(29)15-21(16-25(27)30)19-10-4-3-5-11-19/h3-14,21H,15-17H2,1-2H3. The fourth-order valence-electron chi connectivity index (χ4n) is 4.98. The van der Waals surface area contributed by atoms with Crippen molar-refractivity contribution in [2.75, 3.05) is 7.11 Å². The van der Waals surface area contributed by atoms with E-state index >= 15 is 0 Å². The number of rotatable bonds is 4. The molecule has 0 amide bonds. The van der Waals surface area contributed by atoms with Crippen LogP contribution < -0.4 is 0 Å². The van der Waals surface area contributed by atoms with E-state index in [1.807, 2.05) is 42.5 Å². The van der Waals surface area contributed by atoms with Crippen LogP contribution in [0.3, 0.4) is 0 Å². The van der Waals surface area contributed by atoms with Crippen LogP contribution >= 0.6 is 0 Å². The maximum absolute atomic E-state index is 13.5. The molecule has 160 valence electrons. The Balaban J connectivity index is 1.74. The number of carbonyl (C=O) groups excluding carboxylic acids is 2. The number of esters is 1. The van der Waals surface area contributed by atoms with Gasteiger partial charge in [-0.3, -0.25) is 4.79 Å². The van der Waals surface area contributed by atoms with E-state index in [9.17, 15) is 9.59 Å². The number of hydrogen-bond donors (Lipinski definition) is 0. The number of ether oxygens (including phenoxy) is 1. The number of methoxy groups -OCH3 is 1. The van der Waals surface area contributed by atoms with Crippen LogP contribution in [0.5, 0.6) is 0 Å². The summed E-state index contributed by atoms with van der Waals surface area (Å²) in [4.78, 5) is 26.1. The van der Waals surface area contributed by atoms with Crippen molar-refractivity contribution >= 4 is 22.7 Å². The quantitative estimate of drug-likeness (QED) is 0.396. The maximum atomic E-state index is 13.5. The number of fused-ring (bicyclic) bond motifs is 3. The van der Waals surface area contributed by atoms with E-state index in [4.69, 9.17) is 4.74 Å². The van der Waals surface area contributed by atoms with Crippen molar-refractivity contribution in [2.45, 2.75) is 32.2 Å². The molecule has 1 aromatic heterocycles. The van der Waals surface area contributed by atoms with E-state index < -0.39 is 5.97 Å². The summed E-state index contributed by atoms with van der Waals surface area (Å²) >= 11 is 0. The highest BCUT2D eigenvalue weighted by Crippen LogP contribution is 2.40. The summed E-state index contributed by atoms with van der Waals surface area (Å²) in [5, 5.41) is 0.722. The minimum absolute atomic E-state index is 0.0880. The molecular weight excluding hydrogens is 398 g/mol. The van der Waals surface area contributed by atoms with Crippen LogP contribution in [-0.2, 0) is 17.7 Å². The van der Waals surface area contributed by atoms with Crippen LogP contribution in [0.2, 0.25) is 0 Å². The SMILES string of the molecule is COC(=O)c1cccc2c1c1c(n2Cc2ccccc2C)CC(c2ccccc2)CC1=O. The van der Waals surface area contributed by atoms with E-state index in [1.54, 1.807) is 6.07 Å². The van der Waals surface area contributed by atoms with Crippen molar-refractivity contribution in [1.82, 2.24) is 4.57 Å². The second kappa shape index (κ2) is 8.12. The summed E-state index contributed by atoms with van der Waals surface area (Å²) in [6, 6.07) is 24.2. The lowest BCUT2D eigenvalue weighted by molar-refractivity contribution is 0.0603. The Labute approximate surface area is 187 Å². The second-order valence-corrected chi connectivity index (χ2v) is 8.46. The zero-order valence-electron chi connectivity index (χ0n) is 18.3. The molecule has 32 heavy (non-hydrogen) atoms. The Morgan fingerprint density at radius 3 is 2.47 bits per heavy atom. The average molecular weight is 424 g/mol. The van der Waals surface area contributed by atoms with E-state index in [-0.39, 0.29) is 11.7 Å². The van der Waals surface area contributed by atoms with Gasteiger partial charge in [-0.1, -0.05) is 60.7 Å². The first-order valence-electron chi connectivity index (χ1n) is 10.9. The number of carbonyl (C=O) groups is 2. The highest BCUT2D eigenvalue weighted by Gasteiger charge is 2.33. The highest BCUT2D eigenvalue weighted by molar-refractivity contribution is 6.16. The first kappa shape index (κ1) is 20.3. The number of benzene rings is 3. The largest absolute Gasteiger partial charge is 0.465 e. The smallest absolute Gasteiger partial charge is 0.338 e. The lowest BCUT2D eigenvalue weighted by Gasteiger charge is -2.24. The van der Waals surface area contributed by atoms with Gasteiger partial charge >= 0.3 is 5.97 Å². The lowest BCUT2D eigenvalue weighted by Crippen LogP contribution is -2.21. The molecule has 1 aliphatic carbocycles. The van der Waals surface area contributed by atoms with E-state index in [0.717, 1.165) is 23.0 Å². The van der Waals surface area contributed by atoms with Gasteiger partial charge in [0.2, 0.25) is 0 Å². The van der Waals surface area contributed by atoms with Crippen molar-refractivity contribution < 1.29 is 14.3 Å². The molecule has 0 N–H and O–H groups in total. The van der Waals surface area contributed by atoms with Gasteiger partial charge in [-0.25, -0.2) is 4.79 Å². The van der Waals surface area contributed by atoms with E-state index in [1.165, 1.54) is 23.8 Å². The van der Waals surface area contributed by atoms with Crippen molar-refractivity contribution in [3.63, 3.8) is 0 Å². The van der Waals surface area contributed by atoms with Crippen molar-refractivity contribution in [3.05, 3.63) is 106 Å². The molecule has 1 aliphatic rings. The first-order valence-corrected chi connectivity index (χ1v) is 10.9. The minimum Gasteiger partial charge on any atom is -0.465 e. The molecule has 1 atom stereocenters. The molecule has 0 spiro atoms. The first-order chi connectivity index (χ1) is 15.6. The Bertz CT molecular complexity index is 1330. The van der Waals surface area contributed by atoms with E-state index in [0.29, 0.717) is 24.1 Å². The third kappa shape index (κ3) is 3.32. The maximum Gasteiger partial charge on any atom is 0.338 e.